The number of nitrogens with zero attached hydrogens (tertiary/aromatic N) is 8. The maximum absolute atomic E-state index is 12.6. The maximum atomic E-state index is 12.6. The van der Waals surface area contributed by atoms with Crippen LogP contribution < -0.4 is 16.0 Å². The number of hydrogen-bond acceptors (Lipinski definition) is 9. The number of likely N-dealkylation sites (N-methyl/N-ethyl adjacent to an activating group) is 1. The summed E-state index contributed by atoms with van der Waals surface area (Å²) in [5.74, 6) is 2.17. The molecule has 1 saturated heterocycles. The molecule has 0 saturated carbocycles. The highest BCUT2D eigenvalue weighted by Gasteiger charge is 2.31. The number of nitrogen functional groups attached to an aromatic ring is 1. The number of anilines is 4. The molecule has 1 aliphatic rings. The van der Waals surface area contributed by atoms with Crippen molar-refractivity contribution in [2.24, 2.45) is 7.05 Å². The van der Waals surface area contributed by atoms with Gasteiger partial charge in [-0.25, -0.2) is 28.4 Å². The van der Waals surface area contributed by atoms with Gasteiger partial charge in [0.05, 0.1) is 12.2 Å². The van der Waals surface area contributed by atoms with Gasteiger partial charge in [-0.1, -0.05) is 12.1 Å². The van der Waals surface area contributed by atoms with E-state index in [4.69, 9.17) is 5.73 Å². The molecule has 0 radical (unpaired) electrons. The Labute approximate surface area is 206 Å². The lowest BCUT2D eigenvalue weighted by molar-refractivity contribution is 0.0732. The predicted molar refractivity (Wildman–Crippen MR) is 134 cm³/mol. The molecule has 1 aromatic carbocycles. The van der Waals surface area contributed by atoms with E-state index in [0.717, 1.165) is 28.3 Å². The lowest BCUT2D eigenvalue weighted by Crippen LogP contribution is -2.59. The van der Waals surface area contributed by atoms with Gasteiger partial charge in [0.1, 0.15) is 5.82 Å². The van der Waals surface area contributed by atoms with Gasteiger partial charge in [0.25, 0.3) is 6.43 Å². The van der Waals surface area contributed by atoms with Gasteiger partial charge in [-0.05, 0) is 37.4 Å². The molecule has 0 amide bonds. The third-order valence-electron chi connectivity index (χ3n) is 6.12. The molecule has 0 spiro atoms. The minimum absolute atomic E-state index is 0.111. The number of aryl methyl sites for hydroxylation is 1. The smallest absolute Gasteiger partial charge is 0.251 e. The van der Waals surface area contributed by atoms with Crippen molar-refractivity contribution < 1.29 is 8.78 Å². The van der Waals surface area contributed by atoms with Crippen LogP contribution in [-0.4, -0.2) is 73.8 Å². The van der Waals surface area contributed by atoms with Crippen LogP contribution in [-0.2, 0) is 7.05 Å². The molecule has 0 aliphatic carbocycles. The summed E-state index contributed by atoms with van der Waals surface area (Å²) in [6, 6.07) is 13.5. The van der Waals surface area contributed by atoms with E-state index in [1.807, 2.05) is 43.4 Å². The Morgan fingerprint density at radius 2 is 1.81 bits per heavy atom. The average molecular weight is 493 g/mol. The van der Waals surface area contributed by atoms with Crippen LogP contribution in [0.15, 0.2) is 54.9 Å². The van der Waals surface area contributed by atoms with Crippen molar-refractivity contribution in [1.82, 2.24) is 34.6 Å². The molecule has 12 heteroatoms. The summed E-state index contributed by atoms with van der Waals surface area (Å²) in [6.45, 7) is 1.14. The van der Waals surface area contributed by atoms with Crippen molar-refractivity contribution in [3.05, 3.63) is 54.9 Å². The van der Waals surface area contributed by atoms with Crippen LogP contribution in [0, 0.1) is 0 Å². The van der Waals surface area contributed by atoms with Gasteiger partial charge >= 0.3 is 0 Å². The van der Waals surface area contributed by atoms with Gasteiger partial charge in [0.2, 0.25) is 11.9 Å². The first kappa shape index (κ1) is 23.5. The molecule has 4 heterocycles. The number of halogens is 2. The summed E-state index contributed by atoms with van der Waals surface area (Å²) in [6.07, 6.45) is 1.03. The lowest BCUT2D eigenvalue weighted by Gasteiger charge is -2.44. The Morgan fingerprint density at radius 1 is 1.06 bits per heavy atom. The SMILES string of the molecule is CN(CC(F)F)C1CN(c2ccc(-c3nc(Nc4ccc(-c5ccnc(N)n5)cc4)n(C)n3)cn2)C1. The van der Waals surface area contributed by atoms with E-state index in [9.17, 15) is 8.78 Å². The van der Waals surface area contributed by atoms with Gasteiger partial charge in [0, 0.05) is 55.4 Å². The Balaban J connectivity index is 1.22. The fourth-order valence-corrected chi connectivity index (χ4v) is 4.00. The molecule has 1 fully saturated rings. The van der Waals surface area contributed by atoms with E-state index in [-0.39, 0.29) is 18.5 Å². The van der Waals surface area contributed by atoms with Crippen LogP contribution in [0.5, 0.6) is 0 Å². The zero-order valence-electron chi connectivity index (χ0n) is 19.9. The molecule has 4 aromatic rings. The molecule has 3 aromatic heterocycles. The average Bonchev–Trinajstić information content (AvgIpc) is 3.18. The second-order valence-corrected chi connectivity index (χ2v) is 8.68. The summed E-state index contributed by atoms with van der Waals surface area (Å²) in [7, 11) is 3.54. The third-order valence-corrected chi connectivity index (χ3v) is 6.12. The van der Waals surface area contributed by atoms with Crippen LogP contribution in [0.4, 0.5) is 32.2 Å². The molecule has 0 bridgehead atoms. The maximum Gasteiger partial charge on any atom is 0.251 e. The number of rotatable bonds is 8. The highest BCUT2D eigenvalue weighted by Crippen LogP contribution is 2.26. The first-order chi connectivity index (χ1) is 17.4. The first-order valence-electron chi connectivity index (χ1n) is 11.4. The fourth-order valence-electron chi connectivity index (χ4n) is 4.00. The molecule has 10 nitrogen and oxygen atoms in total. The Bertz CT molecular complexity index is 1320. The number of pyridine rings is 1. The zero-order valence-corrected chi connectivity index (χ0v) is 19.9. The standard InChI is InChI=1S/C24H26F2N10/c1-34(14-20(25)26)18-12-36(13-18)21-8-5-16(11-29-21)22-32-24(35(2)33-22)30-17-6-3-15(4-7-17)19-9-10-28-23(27)31-19/h3-11,18,20H,12-14H2,1-2H3,(H2,27,28,31)(H,30,32,33). The van der Waals surface area contributed by atoms with Crippen LogP contribution in [0.25, 0.3) is 22.6 Å². The summed E-state index contributed by atoms with van der Waals surface area (Å²) in [5, 5.41) is 7.78. The summed E-state index contributed by atoms with van der Waals surface area (Å²) in [5.41, 5.74) is 8.98. The van der Waals surface area contributed by atoms with Crippen molar-refractivity contribution in [3.8, 4) is 22.6 Å². The minimum atomic E-state index is -2.32. The molecule has 36 heavy (non-hydrogen) atoms. The second kappa shape index (κ2) is 9.82. The van der Waals surface area contributed by atoms with E-state index < -0.39 is 6.43 Å². The quantitative estimate of drug-likeness (QED) is 0.383. The molecule has 186 valence electrons. The van der Waals surface area contributed by atoms with E-state index in [0.29, 0.717) is 24.9 Å². The molecule has 0 unspecified atom stereocenters. The Kier molecular flexibility index (Phi) is 6.42. The normalized spacial score (nSPS) is 13.9. The van der Waals surface area contributed by atoms with Gasteiger partial charge in [0.15, 0.2) is 5.82 Å². The van der Waals surface area contributed by atoms with Crippen molar-refractivity contribution in [3.63, 3.8) is 0 Å². The van der Waals surface area contributed by atoms with E-state index in [1.54, 1.807) is 35.1 Å². The molecular weight excluding hydrogens is 466 g/mol. The molecule has 0 atom stereocenters. The van der Waals surface area contributed by atoms with E-state index in [2.05, 4.69) is 35.3 Å². The number of nitrogens with two attached hydrogens (primary N) is 1. The Hall–Kier alpha value is -4.19. The van der Waals surface area contributed by atoms with Gasteiger partial charge < -0.3 is 16.0 Å². The molecular formula is C24H26F2N10. The van der Waals surface area contributed by atoms with Gasteiger partial charge in [-0.2, -0.15) is 4.98 Å². The van der Waals surface area contributed by atoms with Gasteiger partial charge in [-0.15, -0.1) is 5.10 Å². The van der Waals surface area contributed by atoms with Crippen molar-refractivity contribution in [1.29, 1.82) is 0 Å². The van der Waals surface area contributed by atoms with Crippen LogP contribution >= 0.6 is 0 Å². The monoisotopic (exact) mass is 492 g/mol. The highest BCUT2D eigenvalue weighted by atomic mass is 19.3. The topological polar surface area (TPSA) is 114 Å². The number of aromatic nitrogens is 6. The first-order valence-corrected chi connectivity index (χ1v) is 11.4. The molecule has 3 N–H and O–H groups in total. The van der Waals surface area contributed by atoms with E-state index >= 15 is 0 Å². The third kappa shape index (κ3) is 5.08. The summed E-state index contributed by atoms with van der Waals surface area (Å²) >= 11 is 0. The zero-order chi connectivity index (χ0) is 25.2. The largest absolute Gasteiger partial charge is 0.368 e. The van der Waals surface area contributed by atoms with Gasteiger partial charge in [-0.3, -0.25) is 4.90 Å². The number of hydrogen-bond donors (Lipinski definition) is 2. The van der Waals surface area contributed by atoms with E-state index in [1.165, 1.54) is 0 Å². The number of benzene rings is 1. The van der Waals surface area contributed by atoms with Crippen molar-refractivity contribution in [2.75, 3.05) is 42.6 Å². The highest BCUT2D eigenvalue weighted by molar-refractivity contribution is 5.66. The van der Waals surface area contributed by atoms with Crippen LogP contribution in [0.3, 0.4) is 0 Å². The summed E-state index contributed by atoms with van der Waals surface area (Å²) < 4.78 is 26.8. The minimum Gasteiger partial charge on any atom is -0.368 e. The van der Waals surface area contributed by atoms with Crippen molar-refractivity contribution >= 4 is 23.4 Å². The summed E-state index contributed by atoms with van der Waals surface area (Å²) in [4.78, 5) is 21.1. The second-order valence-electron chi connectivity index (χ2n) is 8.68. The Morgan fingerprint density at radius 3 is 2.47 bits per heavy atom. The van der Waals surface area contributed by atoms with Crippen LogP contribution in [0.2, 0.25) is 0 Å². The molecule has 1 aliphatic heterocycles. The van der Waals surface area contributed by atoms with Crippen LogP contribution in [0.1, 0.15) is 0 Å². The lowest BCUT2D eigenvalue weighted by atomic mass is 10.1. The number of alkyl halides is 2. The number of nitrogens with one attached hydrogen (secondary N) is 1. The molecule has 5 rings (SSSR count). The fraction of sp³-hybridized carbons (Fsp3) is 0.292. The predicted octanol–water partition coefficient (Wildman–Crippen LogP) is 3.05. The van der Waals surface area contributed by atoms with Crippen molar-refractivity contribution in [2.45, 2.75) is 12.5 Å².